The maximum atomic E-state index is 2.47. The van der Waals surface area contributed by atoms with Crippen molar-refractivity contribution in [2.24, 2.45) is 0 Å². The van der Waals surface area contributed by atoms with Crippen LogP contribution < -0.4 is 0 Å². The van der Waals surface area contributed by atoms with Gasteiger partial charge in [0, 0.05) is 49.2 Å². The van der Waals surface area contributed by atoms with E-state index >= 15 is 0 Å². The second-order valence-electron chi connectivity index (χ2n) is 22.8. The maximum Gasteiger partial charge on any atom is 0.0541 e. The Morgan fingerprint density at radius 2 is 0.662 bits per heavy atom. The first kappa shape index (κ1) is 43.4. The molecule has 3 aliphatic carbocycles. The lowest BCUT2D eigenvalue weighted by Gasteiger charge is -2.39. The summed E-state index contributed by atoms with van der Waals surface area (Å²) in [6.45, 7) is 9.42. The topological polar surface area (TPSA) is 9.86 Å². The number of aromatic nitrogens is 2. The van der Waals surface area contributed by atoms with Crippen LogP contribution in [0.4, 0.5) is 0 Å². The lowest BCUT2D eigenvalue weighted by atomic mass is 9.65. The van der Waals surface area contributed by atoms with E-state index in [1.54, 1.807) is 0 Å². The average molecular weight is 951 g/mol. The van der Waals surface area contributed by atoms with E-state index in [1.807, 2.05) is 0 Å². The van der Waals surface area contributed by atoms with Crippen molar-refractivity contribution in [3.63, 3.8) is 0 Å². The first-order chi connectivity index (χ1) is 36.2. The first-order valence-corrected chi connectivity index (χ1v) is 27.0. The van der Waals surface area contributed by atoms with Crippen LogP contribution in [0.5, 0.6) is 0 Å². The molecule has 1 saturated carbocycles. The second kappa shape index (κ2) is 15.9. The largest absolute Gasteiger partial charge is 0.309 e. The van der Waals surface area contributed by atoms with Crippen molar-refractivity contribution in [2.45, 2.75) is 76.0 Å². The minimum atomic E-state index is -0.0437. The zero-order valence-electron chi connectivity index (χ0n) is 42.7. The molecule has 0 saturated heterocycles. The minimum Gasteiger partial charge on any atom is -0.309 e. The molecule has 0 aliphatic heterocycles. The van der Waals surface area contributed by atoms with E-state index in [-0.39, 0.29) is 16.2 Å². The molecule has 10 aromatic carbocycles. The normalized spacial score (nSPS) is 15.9. The van der Waals surface area contributed by atoms with Crippen molar-refractivity contribution in [3.8, 4) is 55.9 Å². The second-order valence-corrected chi connectivity index (χ2v) is 22.8. The van der Waals surface area contributed by atoms with Gasteiger partial charge in [-0.2, -0.15) is 0 Å². The molecule has 0 unspecified atom stereocenters. The molecule has 0 atom stereocenters. The summed E-state index contributed by atoms with van der Waals surface area (Å²) in [5.74, 6) is 0. The Hall–Kier alpha value is -8.20. The molecule has 356 valence electrons. The zero-order valence-corrected chi connectivity index (χ0v) is 42.7. The molecule has 0 bridgehead atoms. The molecule has 74 heavy (non-hydrogen) atoms. The number of nitrogens with zero attached hydrogens (tertiary/aromatic N) is 2. The molecule has 0 N–H and O–H groups in total. The van der Waals surface area contributed by atoms with Gasteiger partial charge in [-0.3, -0.25) is 0 Å². The third kappa shape index (κ3) is 6.18. The molecular weight excluding hydrogens is 893 g/mol. The van der Waals surface area contributed by atoms with Crippen LogP contribution in [0.1, 0.15) is 93.2 Å². The monoisotopic (exact) mass is 950 g/mol. The quantitative estimate of drug-likeness (QED) is 0.157. The minimum absolute atomic E-state index is 0.00348. The number of fused-ring (bicyclic) bond motifs is 12. The van der Waals surface area contributed by atoms with E-state index in [4.69, 9.17) is 0 Å². The fourth-order valence-corrected chi connectivity index (χ4v) is 14.4. The van der Waals surface area contributed by atoms with Gasteiger partial charge in [0.25, 0.3) is 0 Å². The van der Waals surface area contributed by atoms with Gasteiger partial charge in [0.1, 0.15) is 0 Å². The van der Waals surface area contributed by atoms with Crippen molar-refractivity contribution in [2.75, 3.05) is 0 Å². The SMILES string of the molecule is CC1(C)c2ccccc2-c2cc(-c3ccc4c(c3)c3ccccc3n4-c3ccc(C4(c5ccc(-n6c7ccccc7c7cc(-c8ccc9c(c8)-c8ccccc8C9(C)C)ccc76)cc5)CCCCC4)cc3)ccc21. The van der Waals surface area contributed by atoms with Crippen molar-refractivity contribution < 1.29 is 0 Å². The zero-order chi connectivity index (χ0) is 49.5. The summed E-state index contributed by atoms with van der Waals surface area (Å²) in [7, 11) is 0. The molecule has 0 amide bonds. The predicted octanol–water partition coefficient (Wildman–Crippen LogP) is 19.1. The fourth-order valence-electron chi connectivity index (χ4n) is 14.4. The van der Waals surface area contributed by atoms with Gasteiger partial charge in [-0.25, -0.2) is 0 Å². The Morgan fingerprint density at radius 3 is 1.12 bits per heavy atom. The summed E-state index contributed by atoms with van der Waals surface area (Å²) < 4.78 is 4.95. The van der Waals surface area contributed by atoms with Crippen LogP contribution >= 0.6 is 0 Å². The highest BCUT2D eigenvalue weighted by Crippen LogP contribution is 2.52. The van der Waals surface area contributed by atoms with Crippen LogP contribution in [0, 0.1) is 0 Å². The van der Waals surface area contributed by atoms with E-state index in [2.05, 4.69) is 255 Å². The molecule has 3 aliphatic rings. The Kier molecular flexibility index (Phi) is 9.32. The number of hydrogen-bond acceptors (Lipinski definition) is 0. The van der Waals surface area contributed by atoms with Gasteiger partial charge in [0.15, 0.2) is 0 Å². The highest BCUT2D eigenvalue weighted by molar-refractivity contribution is 6.12. The molecule has 0 radical (unpaired) electrons. The lowest BCUT2D eigenvalue weighted by Crippen LogP contribution is -2.30. The molecule has 2 heterocycles. The number of benzene rings is 10. The van der Waals surface area contributed by atoms with Crippen LogP contribution in [0.25, 0.3) is 99.5 Å². The van der Waals surface area contributed by atoms with Crippen LogP contribution in [-0.4, -0.2) is 9.13 Å². The number of para-hydroxylation sites is 2. The van der Waals surface area contributed by atoms with E-state index < -0.39 is 0 Å². The molecular formula is C72H58N2. The van der Waals surface area contributed by atoms with Gasteiger partial charge < -0.3 is 9.13 Å². The summed E-state index contributed by atoms with van der Waals surface area (Å²) in [6, 6.07) is 83.5. The molecule has 12 aromatic rings. The Balaban J connectivity index is 0.769. The average Bonchev–Trinajstić information content (AvgIpc) is 4.15. The number of rotatable bonds is 6. The van der Waals surface area contributed by atoms with Crippen molar-refractivity contribution >= 4 is 43.6 Å². The highest BCUT2D eigenvalue weighted by atomic mass is 15.0. The molecule has 1 fully saturated rings. The fraction of sp³-hybridized carbons (Fsp3) is 0.167. The van der Waals surface area contributed by atoms with E-state index in [0.29, 0.717) is 0 Å². The lowest BCUT2D eigenvalue weighted by molar-refractivity contribution is 0.346. The van der Waals surface area contributed by atoms with E-state index in [0.717, 1.165) is 12.8 Å². The van der Waals surface area contributed by atoms with E-state index in [1.165, 1.54) is 152 Å². The third-order valence-electron chi connectivity index (χ3n) is 18.2. The van der Waals surface area contributed by atoms with Gasteiger partial charge in [0.2, 0.25) is 0 Å². The standard InChI is InChI=1S/C72H58N2/c1-70(2)62-20-10-6-16-54(62)58-42-46(24-36-64(58)70)48-26-38-68-60(44-48)56-18-8-12-22-66(56)73(68)52-32-28-50(29-33-52)72(40-14-5-15-41-72)51-30-34-53(35-31-51)74-67-23-13-9-19-57(67)61-45-49(27-39-69(61)74)47-25-37-65-59(43-47)55-17-7-11-21-63(55)71(65,3)4/h6-13,16-39,42-45H,5,14-15,40-41H2,1-4H3. The van der Waals surface area contributed by atoms with Crippen molar-refractivity contribution in [1.82, 2.24) is 9.13 Å². The summed E-state index contributed by atoms with van der Waals surface area (Å²) >= 11 is 0. The Labute approximate surface area is 434 Å². The van der Waals surface area contributed by atoms with Crippen LogP contribution in [0.3, 0.4) is 0 Å². The van der Waals surface area contributed by atoms with Crippen LogP contribution in [0.2, 0.25) is 0 Å². The van der Waals surface area contributed by atoms with Crippen LogP contribution in [-0.2, 0) is 16.2 Å². The predicted molar refractivity (Wildman–Crippen MR) is 311 cm³/mol. The van der Waals surface area contributed by atoms with Gasteiger partial charge in [-0.15, -0.1) is 0 Å². The maximum absolute atomic E-state index is 2.47. The van der Waals surface area contributed by atoms with Crippen LogP contribution in [0.15, 0.2) is 218 Å². The molecule has 2 nitrogen and oxygen atoms in total. The van der Waals surface area contributed by atoms with Gasteiger partial charge >= 0.3 is 0 Å². The molecule has 2 heteroatoms. The first-order valence-electron chi connectivity index (χ1n) is 27.0. The summed E-state index contributed by atoms with van der Waals surface area (Å²) in [5.41, 5.74) is 26.2. The Morgan fingerprint density at radius 1 is 0.297 bits per heavy atom. The van der Waals surface area contributed by atoms with Gasteiger partial charge in [-0.05, 0) is 164 Å². The molecule has 0 spiro atoms. The van der Waals surface area contributed by atoms with Crippen molar-refractivity contribution in [3.05, 3.63) is 252 Å². The Bertz CT molecular complexity index is 3990. The molecule has 15 rings (SSSR count). The molecule has 2 aromatic heterocycles. The summed E-state index contributed by atoms with van der Waals surface area (Å²) in [5, 5.41) is 5.13. The van der Waals surface area contributed by atoms with Gasteiger partial charge in [-0.1, -0.05) is 193 Å². The number of hydrogen-bond donors (Lipinski definition) is 0. The summed E-state index contributed by atoms with van der Waals surface area (Å²) in [4.78, 5) is 0. The van der Waals surface area contributed by atoms with E-state index in [9.17, 15) is 0 Å². The van der Waals surface area contributed by atoms with Crippen molar-refractivity contribution in [1.29, 1.82) is 0 Å². The smallest absolute Gasteiger partial charge is 0.0541 e. The van der Waals surface area contributed by atoms with Gasteiger partial charge in [0.05, 0.1) is 22.1 Å². The summed E-state index contributed by atoms with van der Waals surface area (Å²) in [6.07, 6.45) is 6.06. The highest BCUT2D eigenvalue weighted by Gasteiger charge is 2.38. The third-order valence-corrected chi connectivity index (χ3v) is 18.2.